The van der Waals surface area contributed by atoms with Gasteiger partial charge in [0.25, 0.3) is 0 Å². The third-order valence-corrected chi connectivity index (χ3v) is 4.48. The number of rotatable bonds is 2. The lowest BCUT2D eigenvalue weighted by Gasteiger charge is -2.51. The molecule has 0 radical (unpaired) electrons. The topological polar surface area (TPSA) is 49.8 Å². The molecule has 0 amide bonds. The normalized spacial score (nSPS) is 35.9. The number of carboxylic acids is 1. The maximum absolute atomic E-state index is 11.3. The summed E-state index contributed by atoms with van der Waals surface area (Å²) in [5.74, 6) is -0.0691. The molecule has 2 fully saturated rings. The van der Waals surface area contributed by atoms with Gasteiger partial charge in [-0.3, -0.25) is 9.69 Å². The van der Waals surface area contributed by atoms with Crippen LogP contribution in [0.4, 0.5) is 0 Å². The van der Waals surface area contributed by atoms with Crippen LogP contribution in [0.5, 0.6) is 0 Å². The summed E-state index contributed by atoms with van der Waals surface area (Å²) >= 11 is 0. The molecule has 0 spiro atoms. The zero-order valence-electron chi connectivity index (χ0n) is 11.2. The van der Waals surface area contributed by atoms with Crippen molar-refractivity contribution in [3.8, 4) is 0 Å². The van der Waals surface area contributed by atoms with E-state index in [4.69, 9.17) is 4.74 Å². The Labute approximate surface area is 103 Å². The smallest absolute Gasteiger partial charge is 0.313 e. The third-order valence-electron chi connectivity index (χ3n) is 4.48. The van der Waals surface area contributed by atoms with Gasteiger partial charge < -0.3 is 9.84 Å². The Morgan fingerprint density at radius 1 is 1.41 bits per heavy atom. The number of aliphatic carboxylic acids is 1. The summed E-state index contributed by atoms with van der Waals surface area (Å²) in [5, 5.41) is 9.33. The Hall–Kier alpha value is -0.610. The second-order valence-electron chi connectivity index (χ2n) is 6.77. The Morgan fingerprint density at radius 2 is 2.00 bits per heavy atom. The van der Waals surface area contributed by atoms with Crippen LogP contribution in [0.1, 0.15) is 27.7 Å². The maximum Gasteiger partial charge on any atom is 0.313 e. The van der Waals surface area contributed by atoms with E-state index in [-0.39, 0.29) is 6.04 Å². The highest BCUT2D eigenvalue weighted by Gasteiger charge is 2.52. The quantitative estimate of drug-likeness (QED) is 0.795. The van der Waals surface area contributed by atoms with E-state index in [2.05, 4.69) is 25.7 Å². The molecule has 0 aliphatic carbocycles. The van der Waals surface area contributed by atoms with E-state index in [0.29, 0.717) is 24.5 Å². The van der Waals surface area contributed by atoms with E-state index in [0.717, 1.165) is 13.1 Å². The number of carboxylic acid groups (broad SMARTS) is 1. The van der Waals surface area contributed by atoms with Gasteiger partial charge >= 0.3 is 5.97 Å². The third kappa shape index (κ3) is 2.08. The number of hydrogen-bond donors (Lipinski definition) is 1. The van der Waals surface area contributed by atoms with Gasteiger partial charge in [-0.1, -0.05) is 20.8 Å². The molecule has 2 unspecified atom stereocenters. The van der Waals surface area contributed by atoms with Gasteiger partial charge in [0.2, 0.25) is 0 Å². The number of likely N-dealkylation sites (tertiary alicyclic amines) is 1. The fourth-order valence-corrected chi connectivity index (χ4v) is 2.69. The van der Waals surface area contributed by atoms with Gasteiger partial charge in [-0.25, -0.2) is 0 Å². The summed E-state index contributed by atoms with van der Waals surface area (Å²) in [4.78, 5) is 13.6. The van der Waals surface area contributed by atoms with Crippen LogP contribution in [-0.4, -0.2) is 48.3 Å². The fraction of sp³-hybridized carbons (Fsp3) is 0.923. The highest BCUT2D eigenvalue weighted by Crippen LogP contribution is 2.40. The molecule has 0 aromatic carbocycles. The van der Waals surface area contributed by atoms with E-state index in [9.17, 15) is 9.90 Å². The first-order valence-corrected chi connectivity index (χ1v) is 6.30. The van der Waals surface area contributed by atoms with Crippen LogP contribution in [0.25, 0.3) is 0 Å². The number of ether oxygens (including phenoxy) is 1. The fourth-order valence-electron chi connectivity index (χ4n) is 2.69. The van der Waals surface area contributed by atoms with Gasteiger partial charge in [0, 0.05) is 13.1 Å². The largest absolute Gasteiger partial charge is 0.481 e. The summed E-state index contributed by atoms with van der Waals surface area (Å²) in [6.07, 6.45) is 0. The van der Waals surface area contributed by atoms with Gasteiger partial charge in [0.05, 0.1) is 19.3 Å². The van der Waals surface area contributed by atoms with Crippen LogP contribution < -0.4 is 0 Å². The minimum Gasteiger partial charge on any atom is -0.481 e. The Kier molecular flexibility index (Phi) is 2.99. The van der Waals surface area contributed by atoms with Crippen molar-refractivity contribution < 1.29 is 14.6 Å². The summed E-state index contributed by atoms with van der Waals surface area (Å²) in [7, 11) is 0. The molecule has 4 nitrogen and oxygen atoms in total. The molecule has 98 valence electrons. The number of hydrogen-bond acceptors (Lipinski definition) is 3. The van der Waals surface area contributed by atoms with Crippen LogP contribution in [0.15, 0.2) is 0 Å². The second-order valence-corrected chi connectivity index (χ2v) is 6.77. The van der Waals surface area contributed by atoms with Crippen molar-refractivity contribution in [2.75, 3.05) is 26.3 Å². The van der Waals surface area contributed by atoms with Gasteiger partial charge in [-0.15, -0.1) is 0 Å². The monoisotopic (exact) mass is 241 g/mol. The second kappa shape index (κ2) is 3.95. The predicted octanol–water partition coefficient (Wildman–Crippen LogP) is 1.45. The highest BCUT2D eigenvalue weighted by molar-refractivity contribution is 5.75. The molecule has 2 saturated heterocycles. The van der Waals surface area contributed by atoms with Crippen LogP contribution >= 0.6 is 0 Å². The summed E-state index contributed by atoms with van der Waals surface area (Å²) in [6.45, 7) is 11.4. The first-order valence-electron chi connectivity index (χ1n) is 6.30. The first-order chi connectivity index (χ1) is 7.75. The molecule has 4 heteroatoms. The zero-order chi connectivity index (χ0) is 12.8. The molecule has 0 bridgehead atoms. The molecular weight excluding hydrogens is 218 g/mol. The van der Waals surface area contributed by atoms with E-state index in [1.54, 1.807) is 6.92 Å². The molecule has 1 N–H and O–H groups in total. The zero-order valence-corrected chi connectivity index (χ0v) is 11.2. The number of carbonyl (C=O) groups is 1. The van der Waals surface area contributed by atoms with Crippen molar-refractivity contribution in [1.29, 1.82) is 0 Å². The molecule has 2 atom stereocenters. The van der Waals surface area contributed by atoms with E-state index >= 15 is 0 Å². The first kappa shape index (κ1) is 12.8. The van der Waals surface area contributed by atoms with Crippen LogP contribution in [0.2, 0.25) is 0 Å². The SMILES string of the molecule is CC(C)(C)C1CN(C2COCC2(C)C(=O)O)C1. The van der Waals surface area contributed by atoms with Crippen molar-refractivity contribution in [2.24, 2.45) is 16.7 Å². The lowest BCUT2D eigenvalue weighted by molar-refractivity contribution is -0.152. The standard InChI is InChI=1S/C13H23NO3/c1-12(2,3)9-5-14(6-9)10-7-17-8-13(10,4)11(15)16/h9-10H,5-8H2,1-4H3,(H,15,16). The van der Waals surface area contributed by atoms with E-state index < -0.39 is 11.4 Å². The summed E-state index contributed by atoms with van der Waals surface area (Å²) < 4.78 is 5.39. The van der Waals surface area contributed by atoms with Gasteiger partial charge in [0.15, 0.2) is 0 Å². The molecule has 0 aromatic heterocycles. The van der Waals surface area contributed by atoms with E-state index in [1.165, 1.54) is 0 Å². The average Bonchev–Trinajstić information content (AvgIpc) is 2.44. The van der Waals surface area contributed by atoms with Gasteiger partial charge in [-0.2, -0.15) is 0 Å². The summed E-state index contributed by atoms with van der Waals surface area (Å²) in [6, 6.07) is 0.0404. The number of nitrogens with zero attached hydrogens (tertiary/aromatic N) is 1. The molecule has 2 heterocycles. The van der Waals surface area contributed by atoms with Crippen molar-refractivity contribution in [2.45, 2.75) is 33.7 Å². The van der Waals surface area contributed by atoms with Crippen LogP contribution in [0.3, 0.4) is 0 Å². The average molecular weight is 241 g/mol. The van der Waals surface area contributed by atoms with Crippen LogP contribution in [-0.2, 0) is 9.53 Å². The van der Waals surface area contributed by atoms with Gasteiger partial charge in [0.1, 0.15) is 5.41 Å². The molecule has 0 saturated carbocycles. The predicted molar refractivity (Wildman–Crippen MR) is 64.9 cm³/mol. The van der Waals surface area contributed by atoms with Crippen molar-refractivity contribution >= 4 is 5.97 Å². The van der Waals surface area contributed by atoms with Crippen molar-refractivity contribution in [3.63, 3.8) is 0 Å². The molecule has 2 aliphatic heterocycles. The maximum atomic E-state index is 11.3. The lowest BCUT2D eigenvalue weighted by atomic mass is 9.73. The van der Waals surface area contributed by atoms with Crippen molar-refractivity contribution in [3.05, 3.63) is 0 Å². The minimum absolute atomic E-state index is 0.0404. The molecular formula is C13H23NO3. The van der Waals surface area contributed by atoms with Gasteiger partial charge in [-0.05, 0) is 18.3 Å². The van der Waals surface area contributed by atoms with E-state index in [1.807, 2.05) is 0 Å². The summed E-state index contributed by atoms with van der Waals surface area (Å²) in [5.41, 5.74) is -0.418. The van der Waals surface area contributed by atoms with Crippen molar-refractivity contribution in [1.82, 2.24) is 4.90 Å². The lowest BCUT2D eigenvalue weighted by Crippen LogP contribution is -2.61. The van der Waals surface area contributed by atoms with Crippen LogP contribution in [0, 0.1) is 16.7 Å². The molecule has 2 aliphatic rings. The Bertz CT molecular complexity index is 317. The Balaban J connectivity index is 1.99. The molecule has 17 heavy (non-hydrogen) atoms. The minimum atomic E-state index is -0.737. The highest BCUT2D eigenvalue weighted by atomic mass is 16.5. The molecule has 0 aromatic rings. The molecule has 2 rings (SSSR count). The Morgan fingerprint density at radius 3 is 2.47 bits per heavy atom.